The summed E-state index contributed by atoms with van der Waals surface area (Å²) in [7, 11) is 5.53. The lowest BCUT2D eigenvalue weighted by molar-refractivity contribution is 0.320. The topological polar surface area (TPSA) is 85.0 Å². The van der Waals surface area contributed by atoms with Crippen LogP contribution in [0.25, 0.3) is 21.8 Å². The van der Waals surface area contributed by atoms with E-state index in [1.54, 1.807) is 14.2 Å². The van der Waals surface area contributed by atoms with Gasteiger partial charge in [-0.3, -0.25) is 4.99 Å². The second-order valence-electron chi connectivity index (χ2n) is 11.8. The number of methoxy groups -OCH3 is 2. The largest absolute Gasteiger partial charge is 0.497 e. The summed E-state index contributed by atoms with van der Waals surface area (Å²) in [5.41, 5.74) is 13.8. The van der Waals surface area contributed by atoms with E-state index in [0.29, 0.717) is 22.3 Å². The summed E-state index contributed by atoms with van der Waals surface area (Å²) in [5.74, 6) is 1.56. The van der Waals surface area contributed by atoms with E-state index in [-0.39, 0.29) is 0 Å². The van der Waals surface area contributed by atoms with E-state index in [2.05, 4.69) is 17.3 Å². The number of ether oxygens (including phenoxy) is 2. The Morgan fingerprint density at radius 3 is 2.26 bits per heavy atom. The van der Waals surface area contributed by atoms with Gasteiger partial charge in [-0.2, -0.15) is 0 Å². The van der Waals surface area contributed by atoms with Crippen LogP contribution in [0.3, 0.4) is 0 Å². The highest BCUT2D eigenvalue weighted by Crippen LogP contribution is 2.34. The number of nitrogens with zero attached hydrogens (tertiary/aromatic N) is 3. The Balaban J connectivity index is 1.14. The maximum atomic E-state index is 6.41. The van der Waals surface area contributed by atoms with Crippen LogP contribution in [-0.4, -0.2) is 63.0 Å². The molecule has 0 unspecified atom stereocenters. The number of pyridine rings is 1. The lowest BCUT2D eigenvalue weighted by Gasteiger charge is -2.17. The van der Waals surface area contributed by atoms with Gasteiger partial charge in [0.1, 0.15) is 11.5 Å². The van der Waals surface area contributed by atoms with E-state index in [0.717, 1.165) is 107 Å². The molecule has 1 heterocycles. The number of hydrogen-bond donors (Lipinski definition) is 2. The van der Waals surface area contributed by atoms with Crippen LogP contribution in [0.2, 0.25) is 10.0 Å². The highest BCUT2D eigenvalue weighted by Gasteiger charge is 2.15. The maximum Gasteiger partial charge on any atom is 0.119 e. The van der Waals surface area contributed by atoms with E-state index >= 15 is 0 Å². The van der Waals surface area contributed by atoms with Gasteiger partial charge in [0.25, 0.3) is 0 Å². The molecule has 0 saturated carbocycles. The first-order chi connectivity index (χ1) is 22.8. The molecule has 0 aliphatic heterocycles. The smallest absolute Gasteiger partial charge is 0.119 e. The quantitative estimate of drug-likeness (QED) is 0.0500. The number of anilines is 2. The van der Waals surface area contributed by atoms with Crippen molar-refractivity contribution in [2.45, 2.75) is 32.6 Å². The Labute approximate surface area is 287 Å². The van der Waals surface area contributed by atoms with Crippen LogP contribution in [0, 0.1) is 6.92 Å². The van der Waals surface area contributed by atoms with Gasteiger partial charge in [-0.05, 0) is 125 Å². The number of nitrogens with two attached hydrogens (primary N) is 1. The summed E-state index contributed by atoms with van der Waals surface area (Å²) in [6.45, 7) is 5.65. The van der Waals surface area contributed by atoms with E-state index in [9.17, 15) is 0 Å². The molecule has 1 aromatic heterocycles. The first-order valence-corrected chi connectivity index (χ1v) is 16.8. The molecule has 3 N–H and O–H groups in total. The molecule has 0 fully saturated rings. The zero-order valence-corrected chi connectivity index (χ0v) is 29.1. The van der Waals surface area contributed by atoms with Crippen molar-refractivity contribution in [1.82, 2.24) is 9.88 Å². The molecule has 7 nitrogen and oxygen atoms in total. The van der Waals surface area contributed by atoms with Crippen LogP contribution in [0.1, 0.15) is 42.4 Å². The van der Waals surface area contributed by atoms with Crippen molar-refractivity contribution >= 4 is 62.1 Å². The highest BCUT2D eigenvalue weighted by molar-refractivity contribution is 6.31. The molecular weight excluding hydrogens is 629 g/mol. The molecule has 246 valence electrons. The van der Waals surface area contributed by atoms with Gasteiger partial charge in [0, 0.05) is 50.7 Å². The molecule has 0 bridgehead atoms. The monoisotopic (exact) mass is 671 g/mol. The molecule has 5 rings (SSSR count). The number of unbranched alkanes of at least 4 members (excludes halogenated alkanes) is 2. The predicted octanol–water partition coefficient (Wildman–Crippen LogP) is 9.04. The number of hydrogen-bond acceptors (Lipinski definition) is 7. The van der Waals surface area contributed by atoms with Crippen molar-refractivity contribution in [1.29, 1.82) is 0 Å². The second kappa shape index (κ2) is 16.2. The molecule has 0 saturated heterocycles. The van der Waals surface area contributed by atoms with Crippen LogP contribution >= 0.6 is 23.2 Å². The van der Waals surface area contributed by atoms with Crippen LogP contribution in [-0.2, 0) is 0 Å². The first-order valence-electron chi connectivity index (χ1n) is 16.0. The normalized spacial score (nSPS) is 11.9. The SMILES string of the molecule is COc1ccc(N)c(C(=NCCCCN(C)CCCCNc2c3ccc(Cl)cc3nc3ccc(OC)cc23)c2ccc(Cl)cc2C)c1. The number of aliphatic imine (C=N–C) groups is 1. The Morgan fingerprint density at radius 2 is 1.49 bits per heavy atom. The van der Waals surface area contributed by atoms with Gasteiger partial charge in [0.15, 0.2) is 0 Å². The third-order valence-electron chi connectivity index (χ3n) is 8.39. The van der Waals surface area contributed by atoms with Gasteiger partial charge in [-0.15, -0.1) is 0 Å². The summed E-state index contributed by atoms with van der Waals surface area (Å²) in [6.07, 6.45) is 4.16. The minimum absolute atomic E-state index is 0.669. The number of nitrogen functional groups attached to an aromatic ring is 1. The van der Waals surface area contributed by atoms with E-state index in [1.807, 2.05) is 79.7 Å². The summed E-state index contributed by atoms with van der Waals surface area (Å²) in [5, 5.41) is 7.17. The van der Waals surface area contributed by atoms with Crippen molar-refractivity contribution in [2.75, 3.05) is 58.5 Å². The first kappa shape index (κ1) is 34.3. The van der Waals surface area contributed by atoms with Crippen molar-refractivity contribution in [3.8, 4) is 11.5 Å². The van der Waals surface area contributed by atoms with Crippen LogP contribution in [0.15, 0.2) is 77.8 Å². The Hall–Kier alpha value is -4.04. The summed E-state index contributed by atoms with van der Waals surface area (Å²) < 4.78 is 11.0. The van der Waals surface area contributed by atoms with Crippen molar-refractivity contribution in [2.24, 2.45) is 4.99 Å². The Bertz CT molecular complexity index is 1880. The highest BCUT2D eigenvalue weighted by atomic mass is 35.5. The summed E-state index contributed by atoms with van der Waals surface area (Å²) in [6, 6.07) is 23.4. The van der Waals surface area contributed by atoms with E-state index < -0.39 is 0 Å². The number of rotatable bonds is 15. The van der Waals surface area contributed by atoms with E-state index in [1.165, 1.54) is 0 Å². The lowest BCUT2D eigenvalue weighted by atomic mass is 9.96. The number of fused-ring (bicyclic) bond motifs is 2. The number of halogens is 2. The maximum absolute atomic E-state index is 6.41. The van der Waals surface area contributed by atoms with Crippen LogP contribution in [0.4, 0.5) is 11.4 Å². The Morgan fingerprint density at radius 1 is 0.787 bits per heavy atom. The molecule has 5 aromatic rings. The van der Waals surface area contributed by atoms with Crippen LogP contribution in [0.5, 0.6) is 11.5 Å². The van der Waals surface area contributed by atoms with Crippen LogP contribution < -0.4 is 20.5 Å². The molecule has 4 aromatic carbocycles. The van der Waals surface area contributed by atoms with Gasteiger partial charge < -0.3 is 25.4 Å². The fraction of sp³-hybridized carbons (Fsp3) is 0.316. The average molecular weight is 673 g/mol. The standard InChI is InChI=1S/C38H43Cl2N5O2/c1-25-21-26(39)9-13-30(25)37(32-23-28(46-3)11-15-34(32)41)42-17-5-7-19-45(2)20-8-6-18-43-38-31-14-10-27(40)22-36(31)44-35-16-12-29(47-4)24-33(35)38/h9-16,21-24H,5-8,17-20,41H2,1-4H3,(H,43,44). The van der Waals surface area contributed by atoms with Crippen molar-refractivity contribution < 1.29 is 9.47 Å². The number of aromatic nitrogens is 1. The minimum atomic E-state index is 0.669. The molecule has 47 heavy (non-hydrogen) atoms. The Kier molecular flexibility index (Phi) is 11.8. The second-order valence-corrected chi connectivity index (χ2v) is 12.7. The summed E-state index contributed by atoms with van der Waals surface area (Å²) in [4.78, 5) is 12.3. The van der Waals surface area contributed by atoms with Crippen molar-refractivity contribution in [3.05, 3.63) is 99.5 Å². The molecular formula is C38H43Cl2N5O2. The third-order valence-corrected chi connectivity index (χ3v) is 8.86. The lowest BCUT2D eigenvalue weighted by Crippen LogP contribution is -2.21. The molecule has 0 aliphatic carbocycles. The molecule has 0 spiro atoms. The zero-order chi connectivity index (χ0) is 33.3. The number of aryl methyl sites for hydroxylation is 1. The molecule has 0 aliphatic rings. The average Bonchev–Trinajstić information content (AvgIpc) is 3.06. The summed E-state index contributed by atoms with van der Waals surface area (Å²) >= 11 is 12.5. The predicted molar refractivity (Wildman–Crippen MR) is 199 cm³/mol. The third kappa shape index (κ3) is 8.66. The van der Waals surface area contributed by atoms with E-state index in [4.69, 9.17) is 48.4 Å². The minimum Gasteiger partial charge on any atom is -0.497 e. The number of benzene rings is 4. The fourth-order valence-electron chi connectivity index (χ4n) is 5.81. The zero-order valence-electron chi connectivity index (χ0n) is 27.6. The van der Waals surface area contributed by atoms with Gasteiger partial charge in [-0.1, -0.05) is 29.3 Å². The van der Waals surface area contributed by atoms with Crippen molar-refractivity contribution in [3.63, 3.8) is 0 Å². The molecule has 0 amide bonds. The fourth-order valence-corrected chi connectivity index (χ4v) is 6.20. The number of nitrogens with one attached hydrogen (secondary N) is 1. The van der Waals surface area contributed by atoms with Gasteiger partial charge in [-0.25, -0.2) is 4.98 Å². The van der Waals surface area contributed by atoms with Gasteiger partial charge in [0.2, 0.25) is 0 Å². The molecule has 9 heteroatoms. The molecule has 0 atom stereocenters. The van der Waals surface area contributed by atoms with Gasteiger partial charge in [0.05, 0.1) is 36.7 Å². The van der Waals surface area contributed by atoms with Gasteiger partial charge >= 0.3 is 0 Å². The molecule has 0 radical (unpaired) electrons.